The van der Waals surface area contributed by atoms with Crippen molar-refractivity contribution in [2.45, 2.75) is 23.8 Å². The molecule has 21 heavy (non-hydrogen) atoms. The molecule has 1 atom stereocenters. The molecule has 0 radical (unpaired) electrons. The van der Waals surface area contributed by atoms with Crippen LogP contribution in [0, 0.1) is 0 Å². The molecule has 0 aromatic heterocycles. The monoisotopic (exact) mass is 326 g/mol. The van der Waals surface area contributed by atoms with Gasteiger partial charge in [-0.25, -0.2) is 13.1 Å². The average molecular weight is 327 g/mol. The molecule has 1 heterocycles. The van der Waals surface area contributed by atoms with Crippen LogP contribution in [-0.4, -0.2) is 27.5 Å². The van der Waals surface area contributed by atoms with Crippen molar-refractivity contribution in [3.8, 4) is 0 Å². The van der Waals surface area contributed by atoms with Crippen LogP contribution in [0.5, 0.6) is 0 Å². The van der Waals surface area contributed by atoms with Crippen LogP contribution in [0.3, 0.4) is 0 Å². The van der Waals surface area contributed by atoms with Gasteiger partial charge in [0.15, 0.2) is 0 Å². The number of sulfonamides is 1. The highest BCUT2D eigenvalue weighted by molar-refractivity contribution is 7.89. The number of nitrogens with one attached hydrogen (secondary N) is 2. The molecule has 6 heteroatoms. The summed E-state index contributed by atoms with van der Waals surface area (Å²) in [5.41, 5.74) is 0. The Morgan fingerprint density at radius 1 is 1.14 bits per heavy atom. The minimum absolute atomic E-state index is 0. The summed E-state index contributed by atoms with van der Waals surface area (Å²) < 4.78 is 27.3. The summed E-state index contributed by atoms with van der Waals surface area (Å²) >= 11 is 0. The molecule has 3 rings (SSSR count). The SMILES string of the molecule is Cl.O=S(=O)(NCC1CCCN1)c1ccc2ccccc2c1. The highest BCUT2D eigenvalue weighted by atomic mass is 35.5. The summed E-state index contributed by atoms with van der Waals surface area (Å²) in [5.74, 6) is 0. The van der Waals surface area contributed by atoms with Crippen LogP contribution in [0.4, 0.5) is 0 Å². The molecule has 1 aliphatic rings. The molecule has 114 valence electrons. The first-order chi connectivity index (χ1) is 9.65. The molecule has 2 aromatic carbocycles. The van der Waals surface area contributed by atoms with Crippen molar-refractivity contribution in [1.29, 1.82) is 0 Å². The first kappa shape index (κ1) is 16.2. The molecular formula is C15H19ClN2O2S. The van der Waals surface area contributed by atoms with Crippen LogP contribution >= 0.6 is 12.4 Å². The maximum absolute atomic E-state index is 12.3. The van der Waals surface area contributed by atoms with E-state index in [4.69, 9.17) is 0 Å². The Hall–Kier alpha value is -1.14. The molecule has 2 aromatic rings. The minimum atomic E-state index is -3.43. The first-order valence-corrected chi connectivity index (χ1v) is 8.35. The Balaban J connectivity index is 0.00000161. The predicted octanol–water partition coefficient (Wildman–Crippen LogP) is 2.29. The molecule has 0 aliphatic carbocycles. The fraction of sp³-hybridized carbons (Fsp3) is 0.333. The highest BCUT2D eigenvalue weighted by Crippen LogP contribution is 2.19. The maximum atomic E-state index is 12.3. The van der Waals surface area contributed by atoms with Gasteiger partial charge in [0.05, 0.1) is 4.90 Å². The summed E-state index contributed by atoms with van der Waals surface area (Å²) in [4.78, 5) is 0.328. The van der Waals surface area contributed by atoms with E-state index >= 15 is 0 Å². The first-order valence-electron chi connectivity index (χ1n) is 6.87. The summed E-state index contributed by atoms with van der Waals surface area (Å²) in [5, 5.41) is 5.27. The fourth-order valence-corrected chi connectivity index (χ4v) is 3.68. The number of fused-ring (bicyclic) bond motifs is 1. The third-order valence-corrected chi connectivity index (χ3v) is 5.13. The van der Waals surface area contributed by atoms with E-state index in [1.807, 2.05) is 30.3 Å². The molecule has 0 amide bonds. The quantitative estimate of drug-likeness (QED) is 0.906. The molecule has 0 saturated carbocycles. The number of rotatable bonds is 4. The van der Waals surface area contributed by atoms with Crippen molar-refractivity contribution < 1.29 is 8.42 Å². The van der Waals surface area contributed by atoms with Crippen LogP contribution in [0.2, 0.25) is 0 Å². The molecule has 2 N–H and O–H groups in total. The number of halogens is 1. The van der Waals surface area contributed by atoms with E-state index < -0.39 is 10.0 Å². The lowest BCUT2D eigenvalue weighted by atomic mass is 10.1. The molecule has 1 aliphatic heterocycles. The second-order valence-electron chi connectivity index (χ2n) is 5.15. The smallest absolute Gasteiger partial charge is 0.240 e. The van der Waals surface area contributed by atoms with Gasteiger partial charge in [0.1, 0.15) is 0 Å². The normalized spacial score (nSPS) is 18.6. The molecule has 1 fully saturated rings. The zero-order valence-corrected chi connectivity index (χ0v) is 13.2. The fourth-order valence-electron chi connectivity index (χ4n) is 2.56. The Kier molecular flexibility index (Phi) is 5.22. The van der Waals surface area contributed by atoms with Crippen LogP contribution in [0.1, 0.15) is 12.8 Å². The van der Waals surface area contributed by atoms with Crippen molar-refractivity contribution in [2.24, 2.45) is 0 Å². The van der Waals surface area contributed by atoms with Gasteiger partial charge in [0.25, 0.3) is 0 Å². The van der Waals surface area contributed by atoms with Crippen molar-refractivity contribution in [3.63, 3.8) is 0 Å². The van der Waals surface area contributed by atoms with Crippen molar-refractivity contribution in [2.75, 3.05) is 13.1 Å². The predicted molar refractivity (Wildman–Crippen MR) is 87.4 cm³/mol. The van der Waals surface area contributed by atoms with Gasteiger partial charge in [-0.15, -0.1) is 12.4 Å². The molecule has 0 bridgehead atoms. The van der Waals surface area contributed by atoms with E-state index in [0.29, 0.717) is 11.4 Å². The van der Waals surface area contributed by atoms with Crippen molar-refractivity contribution >= 4 is 33.2 Å². The van der Waals surface area contributed by atoms with Gasteiger partial charge in [-0.05, 0) is 42.3 Å². The summed E-state index contributed by atoms with van der Waals surface area (Å²) in [7, 11) is -3.43. The van der Waals surface area contributed by atoms with E-state index in [0.717, 1.165) is 30.2 Å². The topological polar surface area (TPSA) is 58.2 Å². The van der Waals surface area contributed by atoms with E-state index in [1.54, 1.807) is 12.1 Å². The number of benzene rings is 2. The van der Waals surface area contributed by atoms with Crippen LogP contribution < -0.4 is 10.0 Å². The van der Waals surface area contributed by atoms with Crippen LogP contribution in [0.15, 0.2) is 47.4 Å². The third kappa shape index (κ3) is 3.74. The lowest BCUT2D eigenvalue weighted by Gasteiger charge is -2.12. The Morgan fingerprint density at radius 2 is 1.90 bits per heavy atom. The van der Waals surface area contributed by atoms with Crippen LogP contribution in [0.25, 0.3) is 10.8 Å². The van der Waals surface area contributed by atoms with Crippen molar-refractivity contribution in [3.05, 3.63) is 42.5 Å². The standard InChI is InChI=1S/C15H18N2O2S.ClH/c18-20(19,17-11-14-6-3-9-16-14)15-8-7-12-4-1-2-5-13(12)10-15;/h1-2,4-5,7-8,10,14,16-17H,3,6,9,11H2;1H. The van der Waals surface area contributed by atoms with E-state index in [9.17, 15) is 8.42 Å². The van der Waals surface area contributed by atoms with E-state index in [2.05, 4.69) is 10.0 Å². The minimum Gasteiger partial charge on any atom is -0.313 e. The van der Waals surface area contributed by atoms with Gasteiger partial charge in [0.2, 0.25) is 10.0 Å². The maximum Gasteiger partial charge on any atom is 0.240 e. The Labute approximate surface area is 131 Å². The van der Waals surface area contributed by atoms with Gasteiger partial charge in [-0.2, -0.15) is 0 Å². The van der Waals surface area contributed by atoms with Gasteiger partial charge in [-0.1, -0.05) is 30.3 Å². The molecule has 4 nitrogen and oxygen atoms in total. The largest absolute Gasteiger partial charge is 0.313 e. The second-order valence-corrected chi connectivity index (χ2v) is 6.92. The third-order valence-electron chi connectivity index (χ3n) is 3.71. The van der Waals surface area contributed by atoms with Gasteiger partial charge in [-0.3, -0.25) is 0 Å². The van der Waals surface area contributed by atoms with Gasteiger partial charge in [0, 0.05) is 12.6 Å². The van der Waals surface area contributed by atoms with E-state index in [1.165, 1.54) is 0 Å². The molecule has 1 unspecified atom stereocenters. The summed E-state index contributed by atoms with van der Waals surface area (Å²) in [6.07, 6.45) is 2.14. The number of hydrogen-bond acceptors (Lipinski definition) is 3. The van der Waals surface area contributed by atoms with E-state index in [-0.39, 0.29) is 18.4 Å². The number of hydrogen-bond donors (Lipinski definition) is 2. The Bertz CT molecular complexity index is 712. The Morgan fingerprint density at radius 3 is 2.62 bits per heavy atom. The molecule has 1 saturated heterocycles. The molecular weight excluding hydrogens is 308 g/mol. The zero-order valence-electron chi connectivity index (χ0n) is 11.6. The summed E-state index contributed by atoms with van der Waals surface area (Å²) in [6, 6.07) is 13.2. The average Bonchev–Trinajstić information content (AvgIpc) is 2.98. The zero-order chi connectivity index (χ0) is 14.0. The molecule has 0 spiro atoms. The van der Waals surface area contributed by atoms with Gasteiger partial charge >= 0.3 is 0 Å². The highest BCUT2D eigenvalue weighted by Gasteiger charge is 2.19. The van der Waals surface area contributed by atoms with Crippen LogP contribution in [-0.2, 0) is 10.0 Å². The lowest BCUT2D eigenvalue weighted by Crippen LogP contribution is -2.37. The second kappa shape index (κ2) is 6.75. The summed E-state index contributed by atoms with van der Waals surface area (Å²) in [6.45, 7) is 1.43. The lowest BCUT2D eigenvalue weighted by molar-refractivity contribution is 0.552. The van der Waals surface area contributed by atoms with Gasteiger partial charge < -0.3 is 5.32 Å². The van der Waals surface area contributed by atoms with Crippen molar-refractivity contribution in [1.82, 2.24) is 10.0 Å².